The van der Waals surface area contributed by atoms with E-state index in [0.717, 1.165) is 5.56 Å². The number of rotatable bonds is 7. The van der Waals surface area contributed by atoms with Crippen molar-refractivity contribution >= 4 is 10.0 Å². The van der Waals surface area contributed by atoms with E-state index in [9.17, 15) is 8.42 Å². The van der Waals surface area contributed by atoms with Crippen LogP contribution in [0.3, 0.4) is 0 Å². The second kappa shape index (κ2) is 6.58. The summed E-state index contributed by atoms with van der Waals surface area (Å²) in [5, 5.41) is 7.89. The fraction of sp³-hybridized carbons (Fsp3) is 0.455. The summed E-state index contributed by atoms with van der Waals surface area (Å²) >= 11 is 0. The summed E-state index contributed by atoms with van der Waals surface area (Å²) in [5.41, 5.74) is 0.924. The third kappa shape index (κ3) is 4.91. The van der Waals surface area contributed by atoms with Crippen molar-refractivity contribution in [2.45, 2.75) is 6.54 Å². The highest BCUT2D eigenvalue weighted by Crippen LogP contribution is 2.24. The maximum absolute atomic E-state index is 10.7. The predicted octanol–water partition coefficient (Wildman–Crippen LogP) is 0.0819. The number of methoxy groups -OCH3 is 2. The molecule has 18 heavy (non-hydrogen) atoms. The molecular weight excluding hydrogens is 256 g/mol. The molecule has 0 bridgehead atoms. The molecular formula is C11H18N2O4S. The fourth-order valence-electron chi connectivity index (χ4n) is 1.44. The number of sulfonamides is 1. The van der Waals surface area contributed by atoms with Crippen LogP contribution in [-0.2, 0) is 16.6 Å². The standard InChI is InChI=1S/C11H18N2O4S/c1-16-10-4-3-9(11(7-10)17-2)8-13-5-6-18(12,14)15/h3-4,7,13H,5-6,8H2,1-2H3,(H2,12,14,15). The molecule has 0 spiro atoms. The Morgan fingerprint density at radius 3 is 2.56 bits per heavy atom. The lowest BCUT2D eigenvalue weighted by atomic mass is 10.2. The molecule has 0 radical (unpaired) electrons. The lowest BCUT2D eigenvalue weighted by Gasteiger charge is -2.11. The highest BCUT2D eigenvalue weighted by atomic mass is 32.2. The zero-order chi connectivity index (χ0) is 13.6. The van der Waals surface area contributed by atoms with Crippen molar-refractivity contribution in [3.63, 3.8) is 0 Å². The fourth-order valence-corrected chi connectivity index (χ4v) is 1.86. The van der Waals surface area contributed by atoms with Crippen LogP contribution in [0.5, 0.6) is 11.5 Å². The van der Waals surface area contributed by atoms with Gasteiger partial charge in [-0.05, 0) is 6.07 Å². The van der Waals surface area contributed by atoms with Crippen LogP contribution in [0.1, 0.15) is 5.56 Å². The van der Waals surface area contributed by atoms with Gasteiger partial charge in [0, 0.05) is 24.7 Å². The van der Waals surface area contributed by atoms with Crippen molar-refractivity contribution in [2.24, 2.45) is 5.14 Å². The number of ether oxygens (including phenoxy) is 2. The van der Waals surface area contributed by atoms with Crippen LogP contribution in [-0.4, -0.2) is 34.9 Å². The summed E-state index contributed by atoms with van der Waals surface area (Å²) in [5.74, 6) is 1.31. The number of benzene rings is 1. The van der Waals surface area contributed by atoms with Crippen molar-refractivity contribution < 1.29 is 17.9 Å². The van der Waals surface area contributed by atoms with Gasteiger partial charge in [0.05, 0.1) is 20.0 Å². The summed E-state index contributed by atoms with van der Waals surface area (Å²) in [6.07, 6.45) is 0. The monoisotopic (exact) mass is 274 g/mol. The minimum Gasteiger partial charge on any atom is -0.497 e. The van der Waals surface area contributed by atoms with Gasteiger partial charge in [-0.1, -0.05) is 6.07 Å². The molecule has 102 valence electrons. The van der Waals surface area contributed by atoms with Crippen molar-refractivity contribution in [2.75, 3.05) is 26.5 Å². The van der Waals surface area contributed by atoms with Crippen LogP contribution in [0.4, 0.5) is 0 Å². The van der Waals surface area contributed by atoms with Crippen molar-refractivity contribution in [1.29, 1.82) is 0 Å². The third-order valence-corrected chi connectivity index (χ3v) is 3.15. The van der Waals surface area contributed by atoms with E-state index in [2.05, 4.69) is 5.32 Å². The summed E-state index contributed by atoms with van der Waals surface area (Å²) in [6, 6.07) is 5.46. The minimum atomic E-state index is -3.42. The predicted molar refractivity (Wildman–Crippen MR) is 69.2 cm³/mol. The van der Waals surface area contributed by atoms with Gasteiger partial charge in [-0.3, -0.25) is 0 Å². The van der Waals surface area contributed by atoms with Crippen molar-refractivity contribution in [1.82, 2.24) is 5.32 Å². The average molecular weight is 274 g/mol. The Hall–Kier alpha value is -1.31. The topological polar surface area (TPSA) is 90.6 Å². The van der Waals surface area contributed by atoms with Crippen LogP contribution in [0.15, 0.2) is 18.2 Å². The molecule has 0 fully saturated rings. The van der Waals surface area contributed by atoms with Gasteiger partial charge in [-0.15, -0.1) is 0 Å². The van der Waals surface area contributed by atoms with E-state index in [1.54, 1.807) is 20.3 Å². The highest BCUT2D eigenvalue weighted by molar-refractivity contribution is 7.89. The number of nitrogens with two attached hydrogens (primary N) is 1. The van der Waals surface area contributed by atoms with Crippen molar-refractivity contribution in [3.8, 4) is 11.5 Å². The van der Waals surface area contributed by atoms with Crippen LogP contribution in [0.2, 0.25) is 0 Å². The molecule has 0 saturated carbocycles. The molecule has 0 amide bonds. The van der Waals surface area contributed by atoms with E-state index in [1.165, 1.54) is 0 Å². The van der Waals surface area contributed by atoms with Crippen LogP contribution in [0.25, 0.3) is 0 Å². The van der Waals surface area contributed by atoms with Crippen LogP contribution in [0, 0.1) is 0 Å². The maximum Gasteiger partial charge on any atom is 0.210 e. The number of nitrogens with one attached hydrogen (secondary N) is 1. The van der Waals surface area contributed by atoms with E-state index in [1.807, 2.05) is 12.1 Å². The molecule has 7 heteroatoms. The number of primary sulfonamides is 1. The quantitative estimate of drug-likeness (QED) is 0.687. The molecule has 1 rings (SSSR count). The first kappa shape index (κ1) is 14.7. The summed E-state index contributed by atoms with van der Waals surface area (Å²) in [4.78, 5) is 0. The second-order valence-electron chi connectivity index (χ2n) is 3.72. The van der Waals surface area contributed by atoms with Gasteiger partial charge in [-0.2, -0.15) is 0 Å². The molecule has 0 heterocycles. The molecule has 0 aliphatic heterocycles. The number of hydrogen-bond donors (Lipinski definition) is 2. The molecule has 0 saturated heterocycles. The molecule has 0 aromatic heterocycles. The molecule has 0 unspecified atom stereocenters. The Labute approximate surface area is 107 Å². The zero-order valence-electron chi connectivity index (χ0n) is 10.5. The average Bonchev–Trinajstić information content (AvgIpc) is 2.33. The molecule has 1 aromatic rings. The normalized spacial score (nSPS) is 11.3. The molecule has 0 aliphatic carbocycles. The van der Waals surface area contributed by atoms with Crippen molar-refractivity contribution in [3.05, 3.63) is 23.8 Å². The van der Waals surface area contributed by atoms with Gasteiger partial charge in [0.1, 0.15) is 11.5 Å². The smallest absolute Gasteiger partial charge is 0.210 e. The molecule has 0 atom stereocenters. The molecule has 6 nitrogen and oxygen atoms in total. The molecule has 3 N–H and O–H groups in total. The summed E-state index contributed by atoms with van der Waals surface area (Å²) < 4.78 is 31.8. The van der Waals surface area contributed by atoms with Gasteiger partial charge < -0.3 is 14.8 Å². The second-order valence-corrected chi connectivity index (χ2v) is 5.46. The Bertz CT molecular complexity index is 488. The number of hydrogen-bond acceptors (Lipinski definition) is 5. The van der Waals surface area contributed by atoms with Crippen LogP contribution >= 0.6 is 0 Å². The first-order chi connectivity index (χ1) is 8.46. The van der Waals surface area contributed by atoms with E-state index < -0.39 is 10.0 Å². The van der Waals surface area contributed by atoms with E-state index in [0.29, 0.717) is 24.6 Å². The SMILES string of the molecule is COc1ccc(CNCCS(N)(=O)=O)c(OC)c1. The Morgan fingerprint density at radius 1 is 1.28 bits per heavy atom. The van der Waals surface area contributed by atoms with Gasteiger partial charge in [0.2, 0.25) is 10.0 Å². The first-order valence-electron chi connectivity index (χ1n) is 5.38. The van der Waals surface area contributed by atoms with E-state index >= 15 is 0 Å². The minimum absolute atomic E-state index is 0.0918. The Kier molecular flexibility index (Phi) is 5.39. The van der Waals surface area contributed by atoms with E-state index in [4.69, 9.17) is 14.6 Å². The summed E-state index contributed by atoms with van der Waals surface area (Å²) in [6.45, 7) is 0.802. The van der Waals surface area contributed by atoms with Gasteiger partial charge >= 0.3 is 0 Å². The van der Waals surface area contributed by atoms with Crippen LogP contribution < -0.4 is 19.9 Å². The lowest BCUT2D eigenvalue weighted by Crippen LogP contribution is -2.26. The first-order valence-corrected chi connectivity index (χ1v) is 7.10. The maximum atomic E-state index is 10.7. The molecule has 0 aliphatic rings. The highest BCUT2D eigenvalue weighted by Gasteiger charge is 2.06. The zero-order valence-corrected chi connectivity index (χ0v) is 11.3. The van der Waals surface area contributed by atoms with Gasteiger partial charge in [0.25, 0.3) is 0 Å². The van der Waals surface area contributed by atoms with Gasteiger partial charge in [-0.25, -0.2) is 13.6 Å². The molecule has 1 aromatic carbocycles. The van der Waals surface area contributed by atoms with Gasteiger partial charge in [0.15, 0.2) is 0 Å². The summed E-state index contributed by atoms with van der Waals surface area (Å²) in [7, 11) is -0.264. The lowest BCUT2D eigenvalue weighted by molar-refractivity contribution is 0.390. The Balaban J connectivity index is 2.56. The Morgan fingerprint density at radius 2 is 2.00 bits per heavy atom. The van der Waals surface area contributed by atoms with E-state index in [-0.39, 0.29) is 5.75 Å². The largest absolute Gasteiger partial charge is 0.497 e. The third-order valence-electron chi connectivity index (χ3n) is 2.37.